The molecule has 26 heavy (non-hydrogen) atoms. The second-order valence-electron chi connectivity index (χ2n) is 6.72. The van der Waals surface area contributed by atoms with E-state index in [0.29, 0.717) is 18.8 Å². The van der Waals surface area contributed by atoms with Crippen LogP contribution in [0.15, 0.2) is 36.4 Å². The number of nitrogens with zero attached hydrogens (tertiary/aromatic N) is 1. The summed E-state index contributed by atoms with van der Waals surface area (Å²) in [5.41, 5.74) is 3.17. The summed E-state index contributed by atoms with van der Waals surface area (Å²) in [6.07, 6.45) is 1.55. The number of aromatic nitrogens is 1. The molecule has 0 aliphatic carbocycles. The van der Waals surface area contributed by atoms with Crippen molar-refractivity contribution in [2.75, 3.05) is 13.2 Å². The molecule has 1 amide bonds. The molecule has 1 aliphatic heterocycles. The molecule has 2 unspecified atom stereocenters. The second kappa shape index (κ2) is 7.74. The van der Waals surface area contributed by atoms with Gasteiger partial charge in [-0.2, -0.15) is 0 Å². The van der Waals surface area contributed by atoms with Gasteiger partial charge in [0.05, 0.1) is 12.2 Å². The molecule has 1 fully saturated rings. The second-order valence-corrected chi connectivity index (χ2v) is 6.72. The Morgan fingerprint density at radius 3 is 2.62 bits per heavy atom. The van der Waals surface area contributed by atoms with Crippen LogP contribution < -0.4 is 5.32 Å². The molecule has 2 aromatic rings. The number of para-hydroxylation sites is 1. The van der Waals surface area contributed by atoms with Crippen molar-refractivity contribution in [3.8, 4) is 5.69 Å². The Kier molecular flexibility index (Phi) is 5.42. The molecule has 1 saturated heterocycles. The third-order valence-electron chi connectivity index (χ3n) is 4.91. The zero-order chi connectivity index (χ0) is 18.7. The Balaban J connectivity index is 1.84. The molecular formula is C20H24N2O4. The highest BCUT2D eigenvalue weighted by Gasteiger charge is 2.32. The summed E-state index contributed by atoms with van der Waals surface area (Å²) in [6.45, 7) is 4.81. The minimum Gasteiger partial charge on any atom is -0.480 e. The molecule has 2 atom stereocenters. The highest BCUT2D eigenvalue weighted by Crippen LogP contribution is 2.22. The fraction of sp³-hybridized carbons (Fsp3) is 0.400. The summed E-state index contributed by atoms with van der Waals surface area (Å²) in [4.78, 5) is 24.5. The predicted molar refractivity (Wildman–Crippen MR) is 97.7 cm³/mol. The van der Waals surface area contributed by atoms with Crippen LogP contribution in [-0.2, 0) is 9.53 Å². The van der Waals surface area contributed by atoms with Crippen molar-refractivity contribution in [1.29, 1.82) is 0 Å². The van der Waals surface area contributed by atoms with Gasteiger partial charge in [-0.15, -0.1) is 0 Å². The lowest BCUT2D eigenvalue weighted by molar-refractivity contribution is -0.142. The largest absolute Gasteiger partial charge is 0.480 e. The summed E-state index contributed by atoms with van der Waals surface area (Å²) < 4.78 is 7.38. The van der Waals surface area contributed by atoms with Crippen molar-refractivity contribution >= 4 is 11.9 Å². The van der Waals surface area contributed by atoms with Crippen LogP contribution in [0.2, 0.25) is 0 Å². The maximum absolute atomic E-state index is 12.8. The first kappa shape index (κ1) is 18.2. The molecule has 1 aliphatic rings. The van der Waals surface area contributed by atoms with E-state index in [1.807, 2.05) is 48.7 Å². The normalized spacial score (nSPS) is 18.3. The van der Waals surface area contributed by atoms with E-state index >= 15 is 0 Å². The number of aliphatic carboxylic acids is 1. The third-order valence-corrected chi connectivity index (χ3v) is 4.91. The minimum atomic E-state index is -1.02. The van der Waals surface area contributed by atoms with Crippen LogP contribution in [0.4, 0.5) is 0 Å². The lowest BCUT2D eigenvalue weighted by Crippen LogP contribution is -2.48. The summed E-state index contributed by atoms with van der Waals surface area (Å²) >= 11 is 0. The summed E-state index contributed by atoms with van der Waals surface area (Å²) in [5, 5.41) is 12.3. The zero-order valence-electron chi connectivity index (χ0n) is 15.1. The van der Waals surface area contributed by atoms with Gasteiger partial charge in [-0.05, 0) is 44.9 Å². The van der Waals surface area contributed by atoms with E-state index < -0.39 is 12.0 Å². The van der Waals surface area contributed by atoms with Crippen LogP contribution in [0.3, 0.4) is 0 Å². The van der Waals surface area contributed by atoms with Crippen molar-refractivity contribution in [2.24, 2.45) is 5.92 Å². The van der Waals surface area contributed by atoms with Gasteiger partial charge in [-0.3, -0.25) is 4.79 Å². The Bertz CT molecular complexity index is 792. The van der Waals surface area contributed by atoms with Crippen molar-refractivity contribution in [2.45, 2.75) is 32.7 Å². The van der Waals surface area contributed by atoms with E-state index in [2.05, 4.69) is 5.32 Å². The molecule has 3 rings (SSSR count). The summed E-state index contributed by atoms with van der Waals surface area (Å²) in [6, 6.07) is 10.6. The van der Waals surface area contributed by atoms with Gasteiger partial charge in [-0.25, -0.2) is 4.79 Å². The van der Waals surface area contributed by atoms with E-state index in [1.165, 1.54) is 0 Å². The standard InChI is InChI=1S/C20H24N2O4/c1-13-11-17(14(2)22(13)16-8-4-3-5-9-16)19(23)21-18(20(24)25)15-7-6-10-26-12-15/h3-5,8-9,11,15,18H,6-7,10,12H2,1-2H3,(H,21,23)(H,24,25). The molecule has 1 aromatic carbocycles. The SMILES string of the molecule is Cc1cc(C(=O)NC(C(=O)O)C2CCCOC2)c(C)n1-c1ccccc1. The van der Waals surface area contributed by atoms with Crippen molar-refractivity contribution in [3.05, 3.63) is 53.3 Å². The highest BCUT2D eigenvalue weighted by atomic mass is 16.5. The Labute approximate surface area is 152 Å². The minimum absolute atomic E-state index is 0.206. The first-order valence-corrected chi connectivity index (χ1v) is 8.85. The molecule has 0 bridgehead atoms. The fourth-order valence-corrected chi connectivity index (χ4v) is 3.60. The number of benzene rings is 1. The predicted octanol–water partition coefficient (Wildman–Crippen LogP) is 2.70. The third kappa shape index (κ3) is 3.65. The molecule has 2 heterocycles. The van der Waals surface area contributed by atoms with Crippen LogP contribution in [-0.4, -0.2) is 40.8 Å². The van der Waals surface area contributed by atoms with E-state index in [9.17, 15) is 14.7 Å². The summed E-state index contributed by atoms with van der Waals surface area (Å²) in [7, 11) is 0. The molecular weight excluding hydrogens is 332 g/mol. The number of hydrogen-bond acceptors (Lipinski definition) is 3. The molecule has 6 heteroatoms. The van der Waals surface area contributed by atoms with Crippen LogP contribution in [0.1, 0.15) is 34.6 Å². The topological polar surface area (TPSA) is 80.6 Å². The maximum Gasteiger partial charge on any atom is 0.326 e. The van der Waals surface area contributed by atoms with Gasteiger partial charge >= 0.3 is 5.97 Å². The first-order valence-electron chi connectivity index (χ1n) is 8.85. The summed E-state index contributed by atoms with van der Waals surface area (Å²) in [5.74, 6) is -1.59. The average molecular weight is 356 g/mol. The lowest BCUT2D eigenvalue weighted by Gasteiger charge is -2.28. The lowest BCUT2D eigenvalue weighted by atomic mass is 9.93. The van der Waals surface area contributed by atoms with E-state index in [0.717, 1.165) is 29.9 Å². The fourth-order valence-electron chi connectivity index (χ4n) is 3.60. The molecule has 0 radical (unpaired) electrons. The molecule has 1 aromatic heterocycles. The zero-order valence-corrected chi connectivity index (χ0v) is 15.1. The number of carboxylic acids is 1. The number of carbonyl (C=O) groups excluding carboxylic acids is 1. The maximum atomic E-state index is 12.8. The van der Waals surface area contributed by atoms with Gasteiger partial charge in [0.25, 0.3) is 5.91 Å². The van der Waals surface area contributed by atoms with Crippen LogP contribution in [0, 0.1) is 19.8 Å². The highest BCUT2D eigenvalue weighted by molar-refractivity contribution is 5.98. The van der Waals surface area contributed by atoms with Crippen molar-refractivity contribution < 1.29 is 19.4 Å². The van der Waals surface area contributed by atoms with E-state index in [-0.39, 0.29) is 11.8 Å². The van der Waals surface area contributed by atoms with E-state index in [1.54, 1.807) is 6.07 Å². The van der Waals surface area contributed by atoms with Gasteiger partial charge < -0.3 is 19.7 Å². The average Bonchev–Trinajstić information content (AvgIpc) is 2.95. The Morgan fingerprint density at radius 1 is 1.27 bits per heavy atom. The number of aryl methyl sites for hydroxylation is 1. The number of carbonyl (C=O) groups is 2. The Hall–Kier alpha value is -2.60. The number of hydrogen-bond donors (Lipinski definition) is 2. The number of ether oxygens (including phenoxy) is 1. The monoisotopic (exact) mass is 356 g/mol. The Morgan fingerprint density at radius 2 is 2.00 bits per heavy atom. The molecule has 6 nitrogen and oxygen atoms in total. The van der Waals surface area contributed by atoms with Crippen LogP contribution in [0.25, 0.3) is 5.69 Å². The van der Waals surface area contributed by atoms with Gasteiger partial charge in [-0.1, -0.05) is 18.2 Å². The van der Waals surface area contributed by atoms with Gasteiger partial charge in [0.2, 0.25) is 0 Å². The van der Waals surface area contributed by atoms with Crippen LogP contribution in [0.5, 0.6) is 0 Å². The molecule has 2 N–H and O–H groups in total. The number of rotatable bonds is 5. The smallest absolute Gasteiger partial charge is 0.326 e. The van der Waals surface area contributed by atoms with Gasteiger partial charge in [0, 0.05) is 29.6 Å². The van der Waals surface area contributed by atoms with Crippen LogP contribution >= 0.6 is 0 Å². The quantitative estimate of drug-likeness (QED) is 0.863. The van der Waals surface area contributed by atoms with Gasteiger partial charge in [0.1, 0.15) is 6.04 Å². The van der Waals surface area contributed by atoms with Gasteiger partial charge in [0.15, 0.2) is 0 Å². The molecule has 0 saturated carbocycles. The number of carboxylic acid groups (broad SMARTS) is 1. The first-order chi connectivity index (χ1) is 12.5. The van der Waals surface area contributed by atoms with Crippen molar-refractivity contribution in [3.63, 3.8) is 0 Å². The van der Waals surface area contributed by atoms with E-state index in [4.69, 9.17) is 4.74 Å². The van der Waals surface area contributed by atoms with Crippen molar-refractivity contribution in [1.82, 2.24) is 9.88 Å². The molecule has 0 spiro atoms. The number of nitrogens with one attached hydrogen (secondary N) is 1. The number of amides is 1. The molecule has 138 valence electrons.